The standard InChI is InChI=1S/C37H47ClN2O9.C28H43NO6.C11H10ClNO3/c1-6-21-15-37(21,35(45)46)16-28(42)27-13-24(48-30-12-22(18-41)39-33-25(30)7-8-29(47-5)32(33)38)17-40(27)34(44)26(36(2,3)4)14-31(43)49-23-10-19-9-20(19)11-23;1-7-19-13-28(19,26(33)34-6)14-23(30)22-8-16(2)15-29(22)25(32)21(27(3,4)5)12-24(31)35-20-10-17-9-18(17)11-20;1-16-9-3-2-7-8(15)4-6(5-14)13-11(7)10(9)12/h7-8,12,19-21,23-24,26-27,41H,6,9-11,13-18H2,1-5H3,(H,45,46);16-22H,7-15H2,1-6H3;2-4,14H,5H2,1H3,(H,13,15)/t19-,20+,21-,23?,24-,26-,27+,37-;16-,17-,18+,19+,20?,21+,22-,28+;/m10./s1. The summed E-state index contributed by atoms with van der Waals surface area (Å²) in [7, 11) is 4.36. The maximum absolute atomic E-state index is 14.5. The van der Waals surface area contributed by atoms with Gasteiger partial charge in [0.25, 0.3) is 0 Å². The molecular weight excluding hydrogens is 1330 g/mol. The molecule has 0 spiro atoms. The maximum Gasteiger partial charge on any atom is 0.312 e. The molecule has 12 rings (SSSR count). The maximum atomic E-state index is 14.5. The molecule has 2 aromatic carbocycles. The van der Waals surface area contributed by atoms with E-state index in [0.717, 1.165) is 43.9 Å². The van der Waals surface area contributed by atoms with Gasteiger partial charge in [0, 0.05) is 54.4 Å². The van der Waals surface area contributed by atoms with Gasteiger partial charge in [-0.3, -0.25) is 43.2 Å². The Labute approximate surface area is 594 Å². The number of H-pyrrole nitrogens is 1. The molecular formula is C76H100Cl2N4O18. The molecule has 4 aromatic rings. The summed E-state index contributed by atoms with van der Waals surface area (Å²) in [4.78, 5) is 129. The Morgan fingerprint density at radius 3 is 1.59 bits per heavy atom. The number of Topliss-reactive ketones (excluding diaryl/α,β-unsaturated/α-hetero) is 2. The van der Waals surface area contributed by atoms with Crippen molar-refractivity contribution in [1.82, 2.24) is 19.8 Å². The number of fused-ring (bicyclic) bond motifs is 4. The van der Waals surface area contributed by atoms with Gasteiger partial charge in [-0.15, -0.1) is 0 Å². The molecule has 4 heterocycles. The minimum atomic E-state index is -1.14. The molecule has 2 saturated heterocycles. The number of carbonyl (C=O) groups is 8. The van der Waals surface area contributed by atoms with Gasteiger partial charge in [0.1, 0.15) is 45.6 Å². The van der Waals surface area contributed by atoms with Crippen molar-refractivity contribution in [1.29, 1.82) is 0 Å². The molecule has 8 aliphatic rings. The number of hydrogen-bond acceptors (Lipinski definition) is 18. The topological polar surface area (TPSA) is 305 Å². The number of methoxy groups -OCH3 is 3. The minimum absolute atomic E-state index is 0.0114. The van der Waals surface area contributed by atoms with Gasteiger partial charge < -0.3 is 58.5 Å². The number of carboxylic acids is 1. The highest BCUT2D eigenvalue weighted by molar-refractivity contribution is 6.37. The molecule has 22 nitrogen and oxygen atoms in total. The van der Waals surface area contributed by atoms with Crippen LogP contribution in [0.4, 0.5) is 0 Å². The minimum Gasteiger partial charge on any atom is -0.495 e. The summed E-state index contributed by atoms with van der Waals surface area (Å²) in [6, 6.07) is 8.16. The number of ether oxygens (including phenoxy) is 6. The Bertz CT molecular complexity index is 3840. The number of ketones is 2. The molecule has 546 valence electrons. The lowest BCUT2D eigenvalue weighted by Crippen LogP contribution is -2.48. The molecule has 2 amide bonds. The zero-order chi connectivity index (χ0) is 72.8. The fraction of sp³-hybridized carbons (Fsp3) is 0.658. The second kappa shape index (κ2) is 30.2. The number of aliphatic hydroxyl groups excluding tert-OH is 2. The SMILES string of the molecule is CC[C@@H]1C[C@]1(CC(=O)[C@@H]1C[C@@H](Oc2cc(CO)nc3c(Cl)c(OC)ccc23)CN1C(=O)[C@@H](CC(=O)OC1C[C@@H]2C[C@@H]2C1)C(C)(C)C)C(=O)O.CC[C@@H]1C[C@]1(CC(=O)[C@@H]1C[C@H](C)CN1C(=O)[C@@H](CC(=O)OC1C[C@@H]2C[C@@H]2C1)C(C)(C)C)C(=O)OC.COc1ccc2c(=O)cc(CO)[nH]c2c1Cl. The lowest BCUT2D eigenvalue weighted by atomic mass is 9.77. The zero-order valence-electron chi connectivity index (χ0n) is 59.8. The molecule has 0 bridgehead atoms. The number of aliphatic carboxylic acids is 1. The number of nitrogens with zero attached hydrogens (tertiary/aromatic N) is 3. The molecule has 2 aliphatic heterocycles. The fourth-order valence-corrected chi connectivity index (χ4v) is 17.2. The highest BCUT2D eigenvalue weighted by Crippen LogP contribution is 2.60. The summed E-state index contributed by atoms with van der Waals surface area (Å²) in [6.45, 7) is 17.5. The van der Waals surface area contributed by atoms with E-state index in [0.29, 0.717) is 99.5 Å². The van der Waals surface area contributed by atoms with Crippen LogP contribution in [-0.2, 0) is 65.8 Å². The summed E-state index contributed by atoms with van der Waals surface area (Å²) < 4.78 is 33.5. The van der Waals surface area contributed by atoms with E-state index in [1.807, 2.05) is 62.3 Å². The number of esters is 3. The van der Waals surface area contributed by atoms with Gasteiger partial charge in [0.15, 0.2) is 17.0 Å². The number of aromatic amines is 1. The predicted octanol–water partition coefficient (Wildman–Crippen LogP) is 11.4. The monoisotopic (exact) mass is 1430 g/mol. The first-order valence-corrected chi connectivity index (χ1v) is 36.3. The van der Waals surface area contributed by atoms with E-state index in [1.165, 1.54) is 45.1 Å². The second-order valence-corrected chi connectivity index (χ2v) is 32.6. The van der Waals surface area contributed by atoms with E-state index in [-0.39, 0.29) is 128 Å². The van der Waals surface area contributed by atoms with E-state index in [4.69, 9.17) is 56.7 Å². The van der Waals surface area contributed by atoms with Crippen LogP contribution in [0.2, 0.25) is 10.0 Å². The summed E-state index contributed by atoms with van der Waals surface area (Å²) in [5.74, 6) is -0.0955. The van der Waals surface area contributed by atoms with Crippen molar-refractivity contribution in [3.8, 4) is 17.2 Å². The molecule has 100 heavy (non-hydrogen) atoms. The van der Waals surface area contributed by atoms with Crippen LogP contribution in [0.25, 0.3) is 21.8 Å². The number of aliphatic hydroxyl groups is 2. The number of carboxylic acid groups (broad SMARTS) is 1. The second-order valence-electron chi connectivity index (χ2n) is 31.8. The average molecular weight is 1430 g/mol. The van der Waals surface area contributed by atoms with Gasteiger partial charge in [-0.25, -0.2) is 4.98 Å². The third-order valence-electron chi connectivity index (χ3n) is 22.9. The van der Waals surface area contributed by atoms with Crippen molar-refractivity contribution >= 4 is 92.3 Å². The van der Waals surface area contributed by atoms with Crippen molar-refractivity contribution < 1.29 is 82.1 Å². The van der Waals surface area contributed by atoms with E-state index < -0.39 is 63.6 Å². The Hall–Kier alpha value is -6.88. The Balaban J connectivity index is 0.000000183. The molecule has 0 radical (unpaired) electrons. The van der Waals surface area contributed by atoms with Crippen LogP contribution in [0.3, 0.4) is 0 Å². The third kappa shape index (κ3) is 16.3. The summed E-state index contributed by atoms with van der Waals surface area (Å²) in [5, 5.41) is 30.7. The molecule has 24 heteroatoms. The third-order valence-corrected chi connectivity index (χ3v) is 23.6. The Kier molecular flexibility index (Phi) is 22.9. The summed E-state index contributed by atoms with van der Waals surface area (Å²) in [6.07, 6.45) is 8.43. The van der Waals surface area contributed by atoms with Crippen molar-refractivity contribution in [3.05, 3.63) is 68.1 Å². The molecule has 8 fully saturated rings. The first kappa shape index (κ1) is 75.8. The van der Waals surface area contributed by atoms with Crippen LogP contribution in [-0.4, -0.2) is 147 Å². The van der Waals surface area contributed by atoms with E-state index in [1.54, 1.807) is 35.2 Å². The van der Waals surface area contributed by atoms with Crippen molar-refractivity contribution in [2.45, 2.75) is 209 Å². The first-order chi connectivity index (χ1) is 47.2. The van der Waals surface area contributed by atoms with Gasteiger partial charge in [0.05, 0.1) is 105 Å². The molecule has 6 aliphatic carbocycles. The summed E-state index contributed by atoms with van der Waals surface area (Å²) in [5.41, 5.74) is -1.56. The van der Waals surface area contributed by atoms with Crippen LogP contribution >= 0.6 is 23.2 Å². The van der Waals surface area contributed by atoms with Gasteiger partial charge in [0.2, 0.25) is 11.8 Å². The number of benzene rings is 2. The number of carbonyl (C=O) groups excluding carboxylic acids is 7. The van der Waals surface area contributed by atoms with Crippen LogP contribution in [0.5, 0.6) is 17.2 Å². The number of hydrogen-bond donors (Lipinski definition) is 4. The van der Waals surface area contributed by atoms with Crippen molar-refractivity contribution in [3.63, 3.8) is 0 Å². The van der Waals surface area contributed by atoms with Crippen LogP contribution in [0, 0.1) is 74.9 Å². The highest BCUT2D eigenvalue weighted by atomic mass is 35.5. The molecule has 4 N–H and O–H groups in total. The van der Waals surface area contributed by atoms with Crippen LogP contribution in [0.15, 0.2) is 41.2 Å². The number of likely N-dealkylation sites (tertiary alicyclic amines) is 2. The van der Waals surface area contributed by atoms with Gasteiger partial charge in [-0.05, 0) is 134 Å². The van der Waals surface area contributed by atoms with E-state index >= 15 is 0 Å². The quantitative estimate of drug-likeness (QED) is 0.0374. The average Bonchev–Trinajstić information content (AvgIpc) is 1.56. The molecule has 2 aromatic heterocycles. The Morgan fingerprint density at radius 2 is 1.12 bits per heavy atom. The number of pyridine rings is 2. The van der Waals surface area contributed by atoms with E-state index in [9.17, 15) is 53.4 Å². The molecule has 16 atom stereocenters. The van der Waals surface area contributed by atoms with Gasteiger partial charge in [-0.2, -0.15) is 0 Å². The smallest absolute Gasteiger partial charge is 0.312 e. The number of aromatic nitrogens is 2. The normalized spacial score (nSPS) is 28.8. The van der Waals surface area contributed by atoms with Crippen molar-refractivity contribution in [2.75, 3.05) is 34.4 Å². The summed E-state index contributed by atoms with van der Waals surface area (Å²) >= 11 is 12.6. The fourth-order valence-electron chi connectivity index (χ4n) is 16.6. The number of nitrogens with one attached hydrogen (secondary N) is 1. The molecule has 6 saturated carbocycles. The number of rotatable bonds is 24. The highest BCUT2D eigenvalue weighted by Gasteiger charge is 2.63. The predicted molar refractivity (Wildman–Crippen MR) is 372 cm³/mol. The first-order valence-electron chi connectivity index (χ1n) is 35.5. The molecule has 2 unspecified atom stereocenters. The Morgan fingerprint density at radius 1 is 0.630 bits per heavy atom. The van der Waals surface area contributed by atoms with Crippen LogP contribution in [0.1, 0.15) is 176 Å². The van der Waals surface area contributed by atoms with Crippen LogP contribution < -0.4 is 19.6 Å². The lowest BCUT2D eigenvalue weighted by Gasteiger charge is -2.35. The van der Waals surface area contributed by atoms with Gasteiger partial charge in [-0.1, -0.05) is 98.4 Å². The number of halogens is 2. The van der Waals surface area contributed by atoms with Crippen molar-refractivity contribution in [2.24, 2.45) is 74.9 Å². The van der Waals surface area contributed by atoms with E-state index in [2.05, 4.69) is 9.97 Å². The largest absolute Gasteiger partial charge is 0.495 e. The zero-order valence-corrected chi connectivity index (χ0v) is 61.3. The number of amides is 2. The lowest BCUT2D eigenvalue weighted by molar-refractivity contribution is -0.157. The van der Waals surface area contributed by atoms with Gasteiger partial charge >= 0.3 is 23.9 Å².